The van der Waals surface area contributed by atoms with Gasteiger partial charge >= 0.3 is 0 Å². The van der Waals surface area contributed by atoms with Gasteiger partial charge in [0.05, 0.1) is 0 Å². The molecular weight excluding hydrogens is 184 g/mol. The number of carbonyl (C=O) groups excluding carboxylic acids is 1. The summed E-state index contributed by atoms with van der Waals surface area (Å²) in [6, 6.07) is 10.2. The van der Waals surface area contributed by atoms with Crippen molar-refractivity contribution in [1.29, 1.82) is 0 Å². The van der Waals surface area contributed by atoms with Gasteiger partial charge in [0.1, 0.15) is 5.78 Å². The normalized spacial score (nSPS) is 22.1. The Bertz CT molecular complexity index is 351. The second-order valence-corrected chi connectivity index (χ2v) is 4.09. The van der Waals surface area contributed by atoms with Crippen molar-refractivity contribution in [2.75, 3.05) is 0 Å². The van der Waals surface area contributed by atoms with Crippen molar-refractivity contribution >= 4 is 11.9 Å². The predicted molar refractivity (Wildman–Crippen MR) is 62.4 cm³/mol. The Labute approximate surface area is 90.8 Å². The van der Waals surface area contributed by atoms with Gasteiger partial charge in [0.25, 0.3) is 0 Å². The lowest BCUT2D eigenvalue weighted by Gasteiger charge is -2.16. The Balaban J connectivity index is 2.01. The summed E-state index contributed by atoms with van der Waals surface area (Å²) in [6.07, 6.45) is 8.20. The molecule has 0 saturated heterocycles. The first-order valence-corrected chi connectivity index (χ1v) is 5.62. The fourth-order valence-corrected chi connectivity index (χ4v) is 2.00. The van der Waals surface area contributed by atoms with E-state index < -0.39 is 0 Å². The summed E-state index contributed by atoms with van der Waals surface area (Å²) in [4.78, 5) is 11.6. The molecule has 1 atom stereocenters. The van der Waals surface area contributed by atoms with Crippen molar-refractivity contribution in [2.24, 2.45) is 5.92 Å². The molecule has 0 spiro atoms. The van der Waals surface area contributed by atoms with Gasteiger partial charge in [-0.05, 0) is 18.4 Å². The summed E-state index contributed by atoms with van der Waals surface area (Å²) in [5, 5.41) is 0. The summed E-state index contributed by atoms with van der Waals surface area (Å²) in [6.45, 7) is 0. The highest BCUT2D eigenvalue weighted by Gasteiger charge is 2.18. The summed E-state index contributed by atoms with van der Waals surface area (Å²) >= 11 is 0. The van der Waals surface area contributed by atoms with Crippen molar-refractivity contribution in [1.82, 2.24) is 0 Å². The minimum Gasteiger partial charge on any atom is -0.299 e. The lowest BCUT2D eigenvalue weighted by Crippen LogP contribution is -2.16. The van der Waals surface area contributed by atoms with E-state index in [1.165, 1.54) is 12.0 Å². The van der Waals surface area contributed by atoms with Crippen LogP contribution < -0.4 is 0 Å². The molecule has 78 valence electrons. The van der Waals surface area contributed by atoms with Crippen LogP contribution in [0.5, 0.6) is 0 Å². The van der Waals surface area contributed by atoms with E-state index in [4.69, 9.17) is 0 Å². The Morgan fingerprint density at radius 1 is 1.13 bits per heavy atom. The molecule has 1 aliphatic rings. The van der Waals surface area contributed by atoms with Gasteiger partial charge in [-0.2, -0.15) is 0 Å². The van der Waals surface area contributed by atoms with Crippen LogP contribution in [0.2, 0.25) is 0 Å². The van der Waals surface area contributed by atoms with Gasteiger partial charge in [0, 0.05) is 12.3 Å². The Morgan fingerprint density at radius 2 is 1.93 bits per heavy atom. The Hall–Kier alpha value is -1.37. The van der Waals surface area contributed by atoms with E-state index in [2.05, 4.69) is 24.3 Å². The zero-order chi connectivity index (χ0) is 10.5. The maximum Gasteiger partial charge on any atom is 0.139 e. The first-order valence-electron chi connectivity index (χ1n) is 5.62. The molecule has 1 nitrogen and oxygen atoms in total. The number of hydrogen-bond donors (Lipinski definition) is 0. The molecule has 0 aromatic heterocycles. The van der Waals surface area contributed by atoms with Gasteiger partial charge in [-0.1, -0.05) is 48.9 Å². The zero-order valence-corrected chi connectivity index (χ0v) is 8.86. The van der Waals surface area contributed by atoms with Crippen LogP contribution in [-0.4, -0.2) is 5.78 Å². The van der Waals surface area contributed by atoms with E-state index in [1.807, 2.05) is 18.2 Å². The average molecular weight is 200 g/mol. The van der Waals surface area contributed by atoms with Crippen LogP contribution in [-0.2, 0) is 4.79 Å². The van der Waals surface area contributed by atoms with E-state index >= 15 is 0 Å². The summed E-state index contributed by atoms with van der Waals surface area (Å²) in [5.74, 6) is 0.576. The molecule has 0 amide bonds. The molecule has 15 heavy (non-hydrogen) atoms. The topological polar surface area (TPSA) is 17.1 Å². The molecule has 0 aliphatic heterocycles. The number of hydrogen-bond acceptors (Lipinski definition) is 1. The minimum absolute atomic E-state index is 0.166. The van der Waals surface area contributed by atoms with Gasteiger partial charge < -0.3 is 0 Å². The zero-order valence-electron chi connectivity index (χ0n) is 8.86. The van der Waals surface area contributed by atoms with Gasteiger partial charge in [-0.25, -0.2) is 0 Å². The third kappa shape index (κ3) is 2.79. The molecule has 2 rings (SSSR count). The van der Waals surface area contributed by atoms with E-state index in [-0.39, 0.29) is 5.92 Å². The van der Waals surface area contributed by atoms with Crippen LogP contribution in [0.1, 0.15) is 31.2 Å². The number of Topliss-reactive ketones (excluding diaryl/α,β-unsaturated/α-hetero) is 1. The van der Waals surface area contributed by atoms with Gasteiger partial charge in [0.2, 0.25) is 0 Å². The third-order valence-corrected chi connectivity index (χ3v) is 2.92. The Morgan fingerprint density at radius 3 is 2.67 bits per heavy atom. The molecule has 0 N–H and O–H groups in total. The monoisotopic (exact) mass is 200 g/mol. The van der Waals surface area contributed by atoms with Crippen LogP contribution in [0, 0.1) is 5.92 Å². The van der Waals surface area contributed by atoms with E-state index in [9.17, 15) is 4.79 Å². The van der Waals surface area contributed by atoms with E-state index in [0.29, 0.717) is 5.78 Å². The number of allylic oxidation sites excluding steroid dienone is 1. The highest BCUT2D eigenvalue weighted by molar-refractivity contribution is 5.84. The quantitative estimate of drug-likeness (QED) is 0.714. The van der Waals surface area contributed by atoms with Crippen LogP contribution in [0.3, 0.4) is 0 Å². The van der Waals surface area contributed by atoms with Crippen molar-refractivity contribution in [3.05, 3.63) is 42.0 Å². The molecule has 0 heterocycles. The molecular formula is C14H16O. The predicted octanol–water partition coefficient (Wildman–Crippen LogP) is 3.46. The Kier molecular flexibility index (Phi) is 3.33. The lowest BCUT2D eigenvalue weighted by molar-refractivity contribution is -0.122. The van der Waals surface area contributed by atoms with E-state index in [0.717, 1.165) is 19.3 Å². The van der Waals surface area contributed by atoms with Gasteiger partial charge in [-0.3, -0.25) is 4.79 Å². The first-order chi connectivity index (χ1) is 7.36. The second-order valence-electron chi connectivity index (χ2n) is 4.09. The molecule has 1 heteroatoms. The molecule has 1 saturated carbocycles. The average Bonchev–Trinajstić information content (AvgIpc) is 2.29. The SMILES string of the molecule is O=C1CCCCC1C=Cc1ccccc1. The summed E-state index contributed by atoms with van der Waals surface area (Å²) in [5.41, 5.74) is 1.18. The number of rotatable bonds is 2. The largest absolute Gasteiger partial charge is 0.299 e. The number of carbonyl (C=O) groups is 1. The molecule has 0 radical (unpaired) electrons. The van der Waals surface area contributed by atoms with Crippen LogP contribution >= 0.6 is 0 Å². The highest BCUT2D eigenvalue weighted by Crippen LogP contribution is 2.22. The number of ketones is 1. The standard InChI is InChI=1S/C14H16O/c15-14-9-5-4-8-13(14)11-10-12-6-2-1-3-7-12/h1-3,6-7,10-11,13H,4-5,8-9H2. The van der Waals surface area contributed by atoms with Crippen LogP contribution in [0.15, 0.2) is 36.4 Å². The maximum atomic E-state index is 11.6. The van der Waals surface area contributed by atoms with Crippen molar-refractivity contribution in [2.45, 2.75) is 25.7 Å². The number of benzene rings is 1. The fraction of sp³-hybridized carbons (Fsp3) is 0.357. The molecule has 1 aromatic rings. The van der Waals surface area contributed by atoms with Crippen molar-refractivity contribution in [3.63, 3.8) is 0 Å². The van der Waals surface area contributed by atoms with Gasteiger partial charge in [0.15, 0.2) is 0 Å². The van der Waals surface area contributed by atoms with Crippen LogP contribution in [0.4, 0.5) is 0 Å². The highest BCUT2D eigenvalue weighted by atomic mass is 16.1. The first kappa shape index (κ1) is 10.2. The molecule has 0 bridgehead atoms. The second kappa shape index (κ2) is 4.92. The third-order valence-electron chi connectivity index (χ3n) is 2.92. The maximum absolute atomic E-state index is 11.6. The molecule has 1 aliphatic carbocycles. The summed E-state index contributed by atoms with van der Waals surface area (Å²) < 4.78 is 0. The lowest BCUT2D eigenvalue weighted by atomic mass is 9.87. The molecule has 1 unspecified atom stereocenters. The van der Waals surface area contributed by atoms with Crippen LogP contribution in [0.25, 0.3) is 6.08 Å². The molecule has 1 aromatic carbocycles. The fourth-order valence-electron chi connectivity index (χ4n) is 2.00. The van der Waals surface area contributed by atoms with Crippen molar-refractivity contribution in [3.8, 4) is 0 Å². The van der Waals surface area contributed by atoms with Crippen molar-refractivity contribution < 1.29 is 4.79 Å². The van der Waals surface area contributed by atoms with Gasteiger partial charge in [-0.15, -0.1) is 0 Å². The van der Waals surface area contributed by atoms with E-state index in [1.54, 1.807) is 0 Å². The smallest absolute Gasteiger partial charge is 0.139 e. The summed E-state index contributed by atoms with van der Waals surface area (Å²) in [7, 11) is 0. The minimum atomic E-state index is 0.166. The molecule has 1 fully saturated rings.